The lowest BCUT2D eigenvalue weighted by molar-refractivity contribution is 0.128. The van der Waals surface area contributed by atoms with Crippen LogP contribution in [0.2, 0.25) is 0 Å². The molecule has 0 aliphatic rings. The summed E-state index contributed by atoms with van der Waals surface area (Å²) in [5.74, 6) is 0.494. The van der Waals surface area contributed by atoms with Crippen LogP contribution in [-0.2, 0) is 0 Å². The largest absolute Gasteiger partial charge is 0.251 e. The Morgan fingerprint density at radius 1 is 0.833 bits per heavy atom. The third-order valence-corrected chi connectivity index (χ3v) is 2.48. The molecule has 2 heteroatoms. The van der Waals surface area contributed by atoms with E-state index in [4.69, 9.17) is 0 Å². The SMILES string of the molecule is CC(C)C(C(C)C)C(CF)CF. The van der Waals surface area contributed by atoms with Crippen molar-refractivity contribution in [1.29, 1.82) is 0 Å². The van der Waals surface area contributed by atoms with Gasteiger partial charge in [-0.1, -0.05) is 27.7 Å². The van der Waals surface area contributed by atoms with E-state index in [1.165, 1.54) is 0 Å². The van der Waals surface area contributed by atoms with Crippen molar-refractivity contribution in [3.05, 3.63) is 0 Å². The second-order valence-electron chi connectivity index (χ2n) is 4.13. The molecule has 74 valence electrons. The van der Waals surface area contributed by atoms with Gasteiger partial charge in [0.2, 0.25) is 0 Å². The fourth-order valence-electron chi connectivity index (χ4n) is 2.11. The predicted octanol–water partition coefficient (Wildman–Crippen LogP) is 3.47. The Balaban J connectivity index is 4.26. The molecule has 0 atom stereocenters. The zero-order valence-corrected chi connectivity index (χ0v) is 8.48. The molecule has 0 aliphatic carbocycles. The normalized spacial score (nSPS) is 12.5. The molecule has 0 radical (unpaired) electrons. The monoisotopic (exact) mass is 178 g/mol. The van der Waals surface area contributed by atoms with Gasteiger partial charge in [0.05, 0.1) is 13.3 Å². The van der Waals surface area contributed by atoms with E-state index in [-0.39, 0.29) is 5.92 Å². The predicted molar refractivity (Wildman–Crippen MR) is 48.6 cm³/mol. The van der Waals surface area contributed by atoms with Gasteiger partial charge in [0.1, 0.15) is 0 Å². The summed E-state index contributed by atoms with van der Waals surface area (Å²) in [7, 11) is 0. The average molecular weight is 178 g/mol. The molecule has 12 heavy (non-hydrogen) atoms. The summed E-state index contributed by atoms with van der Waals surface area (Å²) in [5.41, 5.74) is 0. The maximum absolute atomic E-state index is 12.4. The van der Waals surface area contributed by atoms with E-state index in [0.29, 0.717) is 11.8 Å². The smallest absolute Gasteiger partial charge is 0.0950 e. The van der Waals surface area contributed by atoms with E-state index in [1.807, 2.05) is 27.7 Å². The van der Waals surface area contributed by atoms with Crippen LogP contribution < -0.4 is 0 Å². The average Bonchev–Trinajstić information content (AvgIpc) is 1.98. The molecule has 0 nitrogen and oxygen atoms in total. The molecule has 0 N–H and O–H groups in total. The minimum absolute atomic E-state index is 0.167. The van der Waals surface area contributed by atoms with Crippen LogP contribution in [0.5, 0.6) is 0 Å². The first-order chi connectivity index (χ1) is 5.54. The number of hydrogen-bond donors (Lipinski definition) is 0. The van der Waals surface area contributed by atoms with Crippen LogP contribution in [-0.4, -0.2) is 13.3 Å². The Kier molecular flexibility index (Phi) is 5.43. The Morgan fingerprint density at radius 3 is 1.25 bits per heavy atom. The summed E-state index contributed by atoms with van der Waals surface area (Å²) >= 11 is 0. The van der Waals surface area contributed by atoms with Crippen molar-refractivity contribution in [2.75, 3.05) is 13.3 Å². The van der Waals surface area contributed by atoms with Gasteiger partial charge < -0.3 is 0 Å². The van der Waals surface area contributed by atoms with Crippen LogP contribution in [0.25, 0.3) is 0 Å². The highest BCUT2D eigenvalue weighted by Crippen LogP contribution is 2.29. The first-order valence-electron chi connectivity index (χ1n) is 4.66. The van der Waals surface area contributed by atoms with Crippen molar-refractivity contribution in [3.8, 4) is 0 Å². The Labute approximate surface area is 74.4 Å². The highest BCUT2D eigenvalue weighted by Gasteiger charge is 2.27. The molecular formula is C10H20F2. The van der Waals surface area contributed by atoms with E-state index in [1.54, 1.807) is 0 Å². The van der Waals surface area contributed by atoms with Gasteiger partial charge in [0, 0.05) is 5.92 Å². The number of halogens is 2. The van der Waals surface area contributed by atoms with Crippen molar-refractivity contribution < 1.29 is 8.78 Å². The maximum Gasteiger partial charge on any atom is 0.0950 e. The number of alkyl halides is 2. The first kappa shape index (κ1) is 11.9. The van der Waals surface area contributed by atoms with Crippen molar-refractivity contribution in [3.63, 3.8) is 0 Å². The van der Waals surface area contributed by atoms with Gasteiger partial charge in [-0.05, 0) is 17.8 Å². The van der Waals surface area contributed by atoms with Gasteiger partial charge in [0.25, 0.3) is 0 Å². The van der Waals surface area contributed by atoms with Gasteiger partial charge in [0.15, 0.2) is 0 Å². The van der Waals surface area contributed by atoms with Crippen LogP contribution >= 0.6 is 0 Å². The lowest BCUT2D eigenvalue weighted by Crippen LogP contribution is -2.28. The molecule has 0 heterocycles. The number of hydrogen-bond acceptors (Lipinski definition) is 0. The highest BCUT2D eigenvalue weighted by molar-refractivity contribution is 4.74. The van der Waals surface area contributed by atoms with Crippen LogP contribution in [0, 0.1) is 23.7 Å². The molecule has 0 fully saturated rings. The second-order valence-corrected chi connectivity index (χ2v) is 4.13. The number of rotatable bonds is 5. The van der Waals surface area contributed by atoms with Crippen LogP contribution in [0.1, 0.15) is 27.7 Å². The summed E-state index contributed by atoms with van der Waals surface area (Å²) in [4.78, 5) is 0. The molecule has 0 aromatic rings. The lowest BCUT2D eigenvalue weighted by Gasteiger charge is -2.29. The second kappa shape index (κ2) is 5.50. The molecule has 0 unspecified atom stereocenters. The molecule has 0 aromatic heterocycles. The van der Waals surface area contributed by atoms with Gasteiger partial charge in [-0.3, -0.25) is 8.78 Å². The Bertz CT molecular complexity index is 98.4. The van der Waals surface area contributed by atoms with Crippen molar-refractivity contribution in [2.24, 2.45) is 23.7 Å². The molecule has 0 aliphatic heterocycles. The maximum atomic E-state index is 12.4. The van der Waals surface area contributed by atoms with E-state index in [0.717, 1.165) is 0 Å². The van der Waals surface area contributed by atoms with Crippen molar-refractivity contribution in [2.45, 2.75) is 27.7 Å². The summed E-state index contributed by atoms with van der Waals surface area (Å²) in [6.07, 6.45) is 0. The van der Waals surface area contributed by atoms with Gasteiger partial charge in [-0.2, -0.15) is 0 Å². The van der Waals surface area contributed by atoms with Crippen LogP contribution in [0.3, 0.4) is 0 Å². The topological polar surface area (TPSA) is 0 Å². The van der Waals surface area contributed by atoms with E-state index >= 15 is 0 Å². The lowest BCUT2D eigenvalue weighted by atomic mass is 9.77. The Hall–Kier alpha value is -0.140. The third-order valence-electron chi connectivity index (χ3n) is 2.48. The highest BCUT2D eigenvalue weighted by atomic mass is 19.1. The van der Waals surface area contributed by atoms with Crippen molar-refractivity contribution in [1.82, 2.24) is 0 Å². The minimum atomic E-state index is -0.530. The van der Waals surface area contributed by atoms with Crippen LogP contribution in [0.4, 0.5) is 8.78 Å². The molecular weight excluding hydrogens is 158 g/mol. The molecule has 0 rings (SSSR count). The molecule has 0 aromatic carbocycles. The van der Waals surface area contributed by atoms with Gasteiger partial charge in [-0.15, -0.1) is 0 Å². The first-order valence-corrected chi connectivity index (χ1v) is 4.66. The summed E-state index contributed by atoms with van der Waals surface area (Å²) in [6.45, 7) is 7.06. The fraction of sp³-hybridized carbons (Fsp3) is 1.00. The zero-order chi connectivity index (χ0) is 9.72. The summed E-state index contributed by atoms with van der Waals surface area (Å²) < 4.78 is 24.8. The zero-order valence-electron chi connectivity index (χ0n) is 8.48. The fourth-order valence-corrected chi connectivity index (χ4v) is 2.11. The van der Waals surface area contributed by atoms with Crippen LogP contribution in [0.15, 0.2) is 0 Å². The molecule has 0 spiro atoms. The molecule has 0 bridgehead atoms. The molecule has 0 saturated carbocycles. The van der Waals surface area contributed by atoms with Crippen molar-refractivity contribution >= 4 is 0 Å². The standard InChI is InChI=1S/C10H20F2/c1-7(2)10(8(3)4)9(5-11)6-12/h7-10H,5-6H2,1-4H3. The minimum Gasteiger partial charge on any atom is -0.251 e. The third kappa shape index (κ3) is 3.08. The quantitative estimate of drug-likeness (QED) is 0.604. The summed E-state index contributed by atoms with van der Waals surface area (Å²) in [6, 6.07) is 0. The van der Waals surface area contributed by atoms with Gasteiger partial charge >= 0.3 is 0 Å². The van der Waals surface area contributed by atoms with E-state index in [9.17, 15) is 8.78 Å². The molecule has 0 saturated heterocycles. The molecule has 0 amide bonds. The van der Waals surface area contributed by atoms with E-state index in [2.05, 4.69) is 0 Å². The summed E-state index contributed by atoms with van der Waals surface area (Å²) in [5, 5.41) is 0. The Morgan fingerprint density at radius 2 is 1.17 bits per heavy atom. The van der Waals surface area contributed by atoms with E-state index < -0.39 is 19.3 Å². The van der Waals surface area contributed by atoms with Gasteiger partial charge in [-0.25, -0.2) is 0 Å².